The monoisotopic (exact) mass is 1950 g/mol. The van der Waals surface area contributed by atoms with Crippen molar-refractivity contribution >= 4 is 177 Å². The van der Waals surface area contributed by atoms with Crippen LogP contribution in [0.3, 0.4) is 0 Å². The van der Waals surface area contributed by atoms with Crippen molar-refractivity contribution in [2.24, 2.45) is 0 Å². The van der Waals surface area contributed by atoms with Crippen molar-refractivity contribution in [1.29, 1.82) is 0 Å². The Morgan fingerprint density at radius 1 is 0.188 bits per heavy atom. The second-order valence-corrected chi connectivity index (χ2v) is 38.0. The van der Waals surface area contributed by atoms with Gasteiger partial charge in [0, 0.05) is 166 Å². The second-order valence-electron chi connectivity index (χ2n) is 38.0. The molecular formula is C131H102N6O12. The Morgan fingerprint density at radius 2 is 0.497 bits per heavy atom. The first-order valence-corrected chi connectivity index (χ1v) is 51.1. The summed E-state index contributed by atoms with van der Waals surface area (Å²) in [7, 11) is 0. The van der Waals surface area contributed by atoms with Crippen LogP contribution in [0.25, 0.3) is 198 Å². The molecule has 1 aliphatic carbocycles. The first-order valence-electron chi connectivity index (χ1n) is 51.1. The molecule has 6 heterocycles. The van der Waals surface area contributed by atoms with Crippen molar-refractivity contribution in [3.05, 3.63) is 438 Å². The van der Waals surface area contributed by atoms with Gasteiger partial charge >= 0.3 is 33.8 Å². The smallest absolute Gasteiger partial charge is 0.344 e. The lowest BCUT2D eigenvalue weighted by atomic mass is 9.86. The van der Waals surface area contributed by atoms with Crippen molar-refractivity contribution in [2.75, 3.05) is 81.8 Å². The van der Waals surface area contributed by atoms with Crippen LogP contribution < -0.4 is 63.2 Å². The summed E-state index contributed by atoms with van der Waals surface area (Å²) in [4.78, 5) is 95.1. The molecule has 0 N–H and O–H groups in total. The Kier molecular flexibility index (Phi) is 23.9. The molecule has 0 saturated heterocycles. The minimum absolute atomic E-state index is 0.364. The minimum atomic E-state index is -0.405. The number of benzene rings is 18. The van der Waals surface area contributed by atoms with Crippen molar-refractivity contribution in [3.8, 4) is 77.9 Å². The van der Waals surface area contributed by atoms with Crippen molar-refractivity contribution in [1.82, 2.24) is 0 Å². The van der Waals surface area contributed by atoms with Gasteiger partial charge in [0.25, 0.3) is 0 Å². The van der Waals surface area contributed by atoms with Gasteiger partial charge in [-0.05, 0) is 336 Å². The summed E-state index contributed by atoms with van der Waals surface area (Å²) in [6, 6.07) is 121. The Balaban J connectivity index is 0.000000161. The number of nitrogens with zero attached hydrogens (tertiary/aromatic N) is 6. The van der Waals surface area contributed by atoms with E-state index in [-0.39, 0.29) is 11.3 Å². The van der Waals surface area contributed by atoms with Crippen LogP contribution in [0.15, 0.2) is 419 Å². The third-order valence-electron chi connectivity index (χ3n) is 30.0. The van der Waals surface area contributed by atoms with Crippen molar-refractivity contribution < 1.29 is 26.5 Å². The molecule has 18 heteroatoms. The third kappa shape index (κ3) is 16.6. The second kappa shape index (κ2) is 38.3. The Morgan fingerprint density at radius 3 is 0.946 bits per heavy atom. The number of fused-ring (bicyclic) bond motifs is 13. The zero-order chi connectivity index (χ0) is 102. The average Bonchev–Trinajstić information content (AvgIpc) is 1.07. The van der Waals surface area contributed by atoms with Gasteiger partial charge in [0.2, 0.25) is 0 Å². The highest BCUT2D eigenvalue weighted by Crippen LogP contribution is 2.51. The molecule has 18 aromatic carbocycles. The van der Waals surface area contributed by atoms with Gasteiger partial charge in [0.15, 0.2) is 0 Å². The van der Waals surface area contributed by atoms with E-state index in [1.807, 2.05) is 231 Å². The molecule has 18 nitrogen and oxygen atoms in total. The molecular weight excluding hydrogens is 1850 g/mol. The zero-order valence-corrected chi connectivity index (χ0v) is 83.6. The maximum atomic E-state index is 13.9. The molecule has 149 heavy (non-hydrogen) atoms. The molecule has 0 fully saturated rings. The maximum absolute atomic E-state index is 13.9. The number of hydrogen-bond acceptors (Lipinski definition) is 18. The van der Waals surface area contributed by atoms with E-state index in [2.05, 4.69) is 212 Å². The predicted molar refractivity (Wildman–Crippen MR) is 612 cm³/mol. The molecule has 0 bridgehead atoms. The number of hydrogen-bond donors (Lipinski definition) is 0. The fourth-order valence-corrected chi connectivity index (χ4v) is 22.3. The summed E-state index contributed by atoms with van der Waals surface area (Å²) in [6.45, 7) is 23.7. The summed E-state index contributed by atoms with van der Waals surface area (Å²) in [5.74, 6) is 0. The maximum Gasteiger partial charge on any atom is 0.344 e. The van der Waals surface area contributed by atoms with Gasteiger partial charge in [-0.15, -0.1) is 0 Å². The Bertz CT molecular complexity index is 9710. The highest BCUT2D eigenvalue weighted by molar-refractivity contribution is 6.35. The van der Waals surface area contributed by atoms with E-state index in [4.69, 9.17) is 26.5 Å². The SMILES string of the molecule is CCN(CC)c1ccc2cc(-c3ccc(N(c4ccc(-c5cc6ccc(N(CC)CC)cc6oc5=O)cc4)c4ccc5c6cccc7c(-c8cc9c(ccc%10ccccc%109)oc8=O)ccc(c8cccc4c85)c76)cc3)c(=O)oc2c1.CCN(CC)c1ccc2cc(-c3ccc(N(c4ccc(-c5cc6ccccc6oc5=O)cc4)c4ccc5c(c4)Cc4cc(-c6cc7ccc(N(CC)CC)cc7oc6=O)ccc4-5)cc3)c(=O)oc2c1. The summed E-state index contributed by atoms with van der Waals surface area (Å²) in [6.07, 6.45) is 0.677. The number of anilines is 10. The lowest BCUT2D eigenvalue weighted by Crippen LogP contribution is -2.21. The quantitative estimate of drug-likeness (QED) is 0.0314. The van der Waals surface area contributed by atoms with Crippen molar-refractivity contribution in [2.45, 2.75) is 61.8 Å². The molecule has 24 aromatic rings. The molecule has 0 saturated carbocycles. The molecule has 1 aliphatic rings. The van der Waals surface area contributed by atoms with Crippen LogP contribution >= 0.6 is 0 Å². The van der Waals surface area contributed by atoms with Crippen LogP contribution in [0.4, 0.5) is 56.9 Å². The van der Waals surface area contributed by atoms with Gasteiger partial charge < -0.3 is 55.9 Å². The third-order valence-corrected chi connectivity index (χ3v) is 30.0. The van der Waals surface area contributed by atoms with Gasteiger partial charge in [0.05, 0.1) is 39.1 Å². The average molecular weight is 1950 g/mol. The molecule has 0 unspecified atom stereocenters. The molecule has 0 atom stereocenters. The standard InChI is InChI=1S/C71H53N3O6.C60H49N3O6/c1-5-72(6-2)49-30-23-45-37-59(69(75)79-65(45)39-49)43-19-26-47(27-20-43)74(48-28-21-44(22-29-48)60-38-46-24-31-50(73(7-3)8-4)40-66(46)80-70(60)76)63-35-34-57-54-16-11-15-53-52(32-33-56(67(53)54)55-17-12-18-58(63)68(55)57)62-41-61-51-14-10-9-13-42(51)25-36-64(61)78-71(62)77;1-5-61(6-2)47-24-17-41-33-53(59(65)68-56(41)35-47)38-15-22-46(23-16-38)63(45-20-13-37(14-21-45)52-32-40-11-9-10-12-55(40)67-58(52)64)49-26-28-51-44(31-49)30-43-29-39(19-27-50(43)51)54-34-42-18-25-48(62(7-3)8-4)36-57(42)69-60(54)66/h9-41H,5-8H2,1-4H3;9-29,31-36H,5-8,30H2,1-4H3. The number of para-hydroxylation sites is 1. The van der Waals surface area contributed by atoms with Gasteiger partial charge in [-0.2, -0.15) is 0 Å². The van der Waals surface area contributed by atoms with Crippen LogP contribution in [0.5, 0.6) is 0 Å². The normalized spacial score (nSPS) is 11.8. The van der Waals surface area contributed by atoms with E-state index < -0.39 is 22.5 Å². The van der Waals surface area contributed by atoms with E-state index >= 15 is 0 Å². The Hall–Kier alpha value is -18.4. The van der Waals surface area contributed by atoms with E-state index in [1.165, 1.54) is 0 Å². The topological polar surface area (TPSA) is 201 Å². The summed E-state index contributed by atoms with van der Waals surface area (Å²) in [5.41, 5.74) is 22.4. The minimum Gasteiger partial charge on any atom is -0.422 e. The highest BCUT2D eigenvalue weighted by atomic mass is 16.4. The summed E-state index contributed by atoms with van der Waals surface area (Å²) < 4.78 is 35.6. The largest absolute Gasteiger partial charge is 0.422 e. The molecule has 6 aromatic heterocycles. The highest BCUT2D eigenvalue weighted by Gasteiger charge is 2.29. The molecule has 0 radical (unpaired) electrons. The fraction of sp³-hybridized carbons (Fsp3) is 0.130. The zero-order valence-electron chi connectivity index (χ0n) is 83.6. The molecule has 25 rings (SSSR count). The van der Waals surface area contributed by atoms with Gasteiger partial charge in [-0.3, -0.25) is 0 Å². The lowest BCUT2D eigenvalue weighted by molar-refractivity contribution is 0.563. The van der Waals surface area contributed by atoms with Crippen LogP contribution in [0.2, 0.25) is 0 Å². The predicted octanol–water partition coefficient (Wildman–Crippen LogP) is 31.1. The van der Waals surface area contributed by atoms with E-state index in [0.29, 0.717) is 73.3 Å². The van der Waals surface area contributed by atoms with Crippen LogP contribution in [-0.4, -0.2) is 52.4 Å². The summed E-state index contributed by atoms with van der Waals surface area (Å²) in [5, 5.41) is 15.7. The molecule has 728 valence electrons. The summed E-state index contributed by atoms with van der Waals surface area (Å²) >= 11 is 0. The van der Waals surface area contributed by atoms with E-state index in [1.54, 1.807) is 6.07 Å². The first kappa shape index (κ1) is 93.0. The molecule has 0 aliphatic heterocycles. The van der Waals surface area contributed by atoms with Gasteiger partial charge in [-0.25, -0.2) is 28.8 Å². The van der Waals surface area contributed by atoms with Crippen LogP contribution in [0.1, 0.15) is 66.5 Å². The van der Waals surface area contributed by atoms with Crippen LogP contribution in [-0.2, 0) is 6.42 Å². The van der Waals surface area contributed by atoms with Crippen molar-refractivity contribution in [3.63, 3.8) is 0 Å². The lowest BCUT2D eigenvalue weighted by Gasteiger charge is -2.28. The first-order chi connectivity index (χ1) is 72.9. The molecule has 0 spiro atoms. The van der Waals surface area contributed by atoms with E-state index in [9.17, 15) is 28.8 Å². The molecule has 0 amide bonds. The number of rotatable bonds is 24. The van der Waals surface area contributed by atoms with Gasteiger partial charge in [0.1, 0.15) is 33.5 Å². The van der Waals surface area contributed by atoms with E-state index in [0.717, 1.165) is 251 Å². The Labute approximate surface area is 856 Å². The fourth-order valence-electron chi connectivity index (χ4n) is 22.3. The van der Waals surface area contributed by atoms with Gasteiger partial charge in [-0.1, -0.05) is 170 Å². The van der Waals surface area contributed by atoms with Crippen LogP contribution in [0, 0.1) is 0 Å².